The fourth-order valence-electron chi connectivity index (χ4n) is 2.50. The van der Waals surface area contributed by atoms with Gasteiger partial charge in [0, 0.05) is 19.3 Å². The van der Waals surface area contributed by atoms with E-state index < -0.39 is 16.4 Å². The van der Waals surface area contributed by atoms with E-state index in [4.69, 9.17) is 5.73 Å². The van der Waals surface area contributed by atoms with Crippen LogP contribution in [0.4, 0.5) is 33.3 Å². The van der Waals surface area contributed by atoms with Crippen LogP contribution in [0.3, 0.4) is 0 Å². The average Bonchev–Trinajstić information content (AvgIpc) is 2.63. The molecule has 2 aromatic carbocycles. The average molecular weight is 368 g/mol. The van der Waals surface area contributed by atoms with E-state index in [0.717, 1.165) is 5.56 Å². The number of nitrogens with zero attached hydrogens (tertiary/aromatic N) is 4. The van der Waals surface area contributed by atoms with E-state index in [9.17, 15) is 14.5 Å². The molecule has 0 saturated heterocycles. The van der Waals surface area contributed by atoms with Crippen molar-refractivity contribution in [2.24, 2.45) is 0 Å². The third-order valence-corrected chi connectivity index (χ3v) is 3.79. The lowest BCUT2D eigenvalue weighted by atomic mass is 10.2. The van der Waals surface area contributed by atoms with Crippen molar-refractivity contribution < 1.29 is 9.31 Å². The van der Waals surface area contributed by atoms with Crippen molar-refractivity contribution in [2.75, 3.05) is 23.0 Å². The summed E-state index contributed by atoms with van der Waals surface area (Å²) < 4.78 is 13.1. The predicted molar refractivity (Wildman–Crippen MR) is 101 cm³/mol. The molecule has 0 unspecified atom stereocenters. The minimum Gasteiger partial charge on any atom is -0.378 e. The van der Waals surface area contributed by atoms with Gasteiger partial charge in [-0.25, -0.2) is 4.39 Å². The molecule has 1 aromatic heterocycles. The second kappa shape index (κ2) is 7.65. The van der Waals surface area contributed by atoms with Gasteiger partial charge < -0.3 is 16.0 Å². The lowest BCUT2D eigenvalue weighted by molar-refractivity contribution is -0.383. The highest BCUT2D eigenvalue weighted by Crippen LogP contribution is 2.32. The Morgan fingerprint density at radius 3 is 2.44 bits per heavy atom. The van der Waals surface area contributed by atoms with Gasteiger partial charge in [0.1, 0.15) is 5.82 Å². The summed E-state index contributed by atoms with van der Waals surface area (Å²) in [6, 6.07) is 15.0. The van der Waals surface area contributed by atoms with Crippen molar-refractivity contribution in [3.63, 3.8) is 0 Å². The van der Waals surface area contributed by atoms with E-state index in [-0.39, 0.29) is 17.6 Å². The number of nitro groups is 1. The van der Waals surface area contributed by atoms with Gasteiger partial charge in [-0.3, -0.25) is 10.1 Å². The zero-order chi connectivity index (χ0) is 19.4. The van der Waals surface area contributed by atoms with Crippen LogP contribution in [0.2, 0.25) is 0 Å². The van der Waals surface area contributed by atoms with Gasteiger partial charge >= 0.3 is 5.69 Å². The Kier molecular flexibility index (Phi) is 5.11. The van der Waals surface area contributed by atoms with Crippen LogP contribution >= 0.6 is 0 Å². The summed E-state index contributed by atoms with van der Waals surface area (Å²) in [7, 11) is 1.76. The molecular formula is C18H17FN6O2. The molecule has 9 heteroatoms. The van der Waals surface area contributed by atoms with Crippen LogP contribution in [-0.2, 0) is 6.54 Å². The normalized spacial score (nSPS) is 10.4. The van der Waals surface area contributed by atoms with E-state index in [2.05, 4.69) is 15.3 Å². The van der Waals surface area contributed by atoms with Gasteiger partial charge in [0.2, 0.25) is 17.6 Å². The molecular weight excluding hydrogens is 351 g/mol. The van der Waals surface area contributed by atoms with Crippen molar-refractivity contribution >= 4 is 29.0 Å². The van der Waals surface area contributed by atoms with Gasteiger partial charge in [-0.05, 0) is 29.8 Å². The number of nitrogens with two attached hydrogens (primary N) is 1. The molecule has 3 rings (SSSR count). The van der Waals surface area contributed by atoms with Gasteiger partial charge in [-0.2, -0.15) is 9.97 Å². The van der Waals surface area contributed by atoms with Crippen LogP contribution < -0.4 is 16.0 Å². The summed E-state index contributed by atoms with van der Waals surface area (Å²) in [4.78, 5) is 20.8. The third-order valence-electron chi connectivity index (χ3n) is 3.79. The Labute approximate surface area is 154 Å². The molecule has 8 nitrogen and oxygen atoms in total. The van der Waals surface area contributed by atoms with E-state index in [1.165, 1.54) is 24.3 Å². The number of nitrogens with one attached hydrogen (secondary N) is 1. The van der Waals surface area contributed by atoms with Crippen LogP contribution in [0.5, 0.6) is 0 Å². The number of halogens is 1. The summed E-state index contributed by atoms with van der Waals surface area (Å²) in [5.41, 5.74) is 6.84. The predicted octanol–water partition coefficient (Wildman–Crippen LogP) is 3.49. The Morgan fingerprint density at radius 2 is 1.81 bits per heavy atom. The van der Waals surface area contributed by atoms with Crippen LogP contribution in [0, 0.1) is 15.9 Å². The molecule has 0 aliphatic rings. The number of rotatable bonds is 6. The molecule has 0 bridgehead atoms. The number of anilines is 4. The fourth-order valence-corrected chi connectivity index (χ4v) is 2.50. The van der Waals surface area contributed by atoms with Crippen molar-refractivity contribution in [1.82, 2.24) is 9.97 Å². The summed E-state index contributed by atoms with van der Waals surface area (Å²) in [5.74, 6) is -0.504. The molecule has 1 heterocycles. The van der Waals surface area contributed by atoms with Crippen LogP contribution in [0.1, 0.15) is 5.56 Å². The first-order chi connectivity index (χ1) is 12.9. The first-order valence-corrected chi connectivity index (χ1v) is 8.03. The number of nitrogen functional groups attached to an aromatic ring is 1. The summed E-state index contributed by atoms with van der Waals surface area (Å²) in [6.07, 6.45) is 0. The Morgan fingerprint density at radius 1 is 1.15 bits per heavy atom. The van der Waals surface area contributed by atoms with E-state index >= 15 is 0 Å². The van der Waals surface area contributed by atoms with E-state index in [0.29, 0.717) is 12.2 Å². The Balaban J connectivity index is 1.95. The highest BCUT2D eigenvalue weighted by molar-refractivity contribution is 5.74. The van der Waals surface area contributed by atoms with Crippen molar-refractivity contribution in [2.45, 2.75) is 6.54 Å². The molecule has 0 fully saturated rings. The molecule has 0 atom stereocenters. The first-order valence-electron chi connectivity index (χ1n) is 8.03. The number of hydrogen-bond acceptors (Lipinski definition) is 7. The van der Waals surface area contributed by atoms with Gasteiger partial charge in [0.05, 0.1) is 4.92 Å². The Bertz CT molecular complexity index is 950. The lowest BCUT2D eigenvalue weighted by Crippen LogP contribution is -2.20. The standard InChI is InChI=1S/C18H17FN6O2/c1-24(11-12-5-3-2-4-6-12)18-22-16(20)15(25(26)27)17(23-18)21-14-9-7-13(19)8-10-14/h2-10H,11H2,1H3,(H3,20,21,22,23). The summed E-state index contributed by atoms with van der Waals surface area (Å²) >= 11 is 0. The zero-order valence-electron chi connectivity index (χ0n) is 14.5. The SMILES string of the molecule is CN(Cc1ccccc1)c1nc(N)c([N+](=O)[O-])c(Nc2ccc(F)cc2)n1. The number of aromatic nitrogens is 2. The molecule has 27 heavy (non-hydrogen) atoms. The van der Waals surface area contributed by atoms with Crippen LogP contribution in [0.15, 0.2) is 54.6 Å². The quantitative estimate of drug-likeness (QED) is 0.506. The van der Waals surface area contributed by atoms with E-state index in [1.807, 2.05) is 30.3 Å². The molecule has 0 saturated carbocycles. The van der Waals surface area contributed by atoms with Gasteiger partial charge in [-0.15, -0.1) is 0 Å². The van der Waals surface area contributed by atoms with Gasteiger partial charge in [-0.1, -0.05) is 30.3 Å². The monoisotopic (exact) mass is 368 g/mol. The molecule has 0 amide bonds. The smallest absolute Gasteiger partial charge is 0.353 e. The van der Waals surface area contributed by atoms with Crippen molar-refractivity contribution in [1.29, 1.82) is 0 Å². The second-order valence-corrected chi connectivity index (χ2v) is 5.84. The van der Waals surface area contributed by atoms with Crippen molar-refractivity contribution in [3.05, 3.63) is 76.1 Å². The minimum atomic E-state index is -0.651. The Hall–Kier alpha value is -3.75. The van der Waals surface area contributed by atoms with Crippen LogP contribution in [0.25, 0.3) is 0 Å². The second-order valence-electron chi connectivity index (χ2n) is 5.84. The fraction of sp³-hybridized carbons (Fsp3) is 0.111. The maximum absolute atomic E-state index is 13.1. The number of benzene rings is 2. The maximum Gasteiger partial charge on any atom is 0.353 e. The molecule has 3 N–H and O–H groups in total. The van der Waals surface area contributed by atoms with Gasteiger partial charge in [0.25, 0.3) is 0 Å². The molecule has 0 aliphatic heterocycles. The molecule has 138 valence electrons. The molecule has 3 aromatic rings. The zero-order valence-corrected chi connectivity index (χ0v) is 14.5. The third kappa shape index (κ3) is 4.27. The maximum atomic E-state index is 13.1. The highest BCUT2D eigenvalue weighted by Gasteiger charge is 2.24. The molecule has 0 radical (unpaired) electrons. The summed E-state index contributed by atoms with van der Waals surface area (Å²) in [5, 5.41) is 14.2. The summed E-state index contributed by atoms with van der Waals surface area (Å²) in [6.45, 7) is 0.494. The lowest BCUT2D eigenvalue weighted by Gasteiger charge is -2.18. The van der Waals surface area contributed by atoms with E-state index in [1.54, 1.807) is 11.9 Å². The molecule has 0 aliphatic carbocycles. The highest BCUT2D eigenvalue weighted by atomic mass is 19.1. The first kappa shape index (κ1) is 18.1. The number of hydrogen-bond donors (Lipinski definition) is 2. The van der Waals surface area contributed by atoms with Crippen LogP contribution in [-0.4, -0.2) is 21.9 Å². The molecule has 0 spiro atoms. The van der Waals surface area contributed by atoms with Crippen molar-refractivity contribution in [3.8, 4) is 0 Å². The minimum absolute atomic E-state index is 0.0611. The topological polar surface area (TPSA) is 110 Å². The largest absolute Gasteiger partial charge is 0.378 e. The van der Waals surface area contributed by atoms with Gasteiger partial charge in [0.15, 0.2) is 0 Å².